The van der Waals surface area contributed by atoms with Gasteiger partial charge in [-0.2, -0.15) is 0 Å². The molecule has 0 aliphatic heterocycles. The number of imidazole rings is 1. The van der Waals surface area contributed by atoms with Crippen LogP contribution in [0.25, 0.3) is 5.69 Å². The molecule has 2 aromatic rings. The molecule has 0 saturated carbocycles. The lowest BCUT2D eigenvalue weighted by Gasteiger charge is -2.02. The normalized spacial score (nSPS) is 10.2. The van der Waals surface area contributed by atoms with E-state index in [9.17, 15) is 4.79 Å². The number of rotatable bonds is 2. The predicted octanol–water partition coefficient (Wildman–Crippen LogP) is 1.88. The summed E-state index contributed by atoms with van der Waals surface area (Å²) in [6.07, 6.45) is 1.52. The number of hydrogen-bond donors (Lipinski definition) is 1. The van der Waals surface area contributed by atoms with Crippen LogP contribution in [0.3, 0.4) is 0 Å². The number of hydrogen-bond acceptors (Lipinski definition) is 2. The van der Waals surface area contributed by atoms with E-state index in [0.717, 1.165) is 5.69 Å². The average molecular weight is 202 g/mol. The molecule has 0 spiro atoms. The molecule has 0 fully saturated rings. The lowest BCUT2D eigenvalue weighted by molar-refractivity contribution is 0.0691. The summed E-state index contributed by atoms with van der Waals surface area (Å²) in [6, 6.07) is 9.51. The highest BCUT2D eigenvalue weighted by Crippen LogP contribution is 2.11. The molecule has 1 aromatic heterocycles. The van der Waals surface area contributed by atoms with Crippen molar-refractivity contribution in [2.24, 2.45) is 0 Å². The molecular formula is C11H10N2O2. The van der Waals surface area contributed by atoms with E-state index in [1.54, 1.807) is 11.5 Å². The van der Waals surface area contributed by atoms with Gasteiger partial charge in [-0.05, 0) is 19.1 Å². The maximum Gasteiger partial charge on any atom is 0.356 e. The maximum atomic E-state index is 10.7. The van der Waals surface area contributed by atoms with Crippen molar-refractivity contribution in [3.63, 3.8) is 0 Å². The molecule has 1 aromatic carbocycles. The van der Waals surface area contributed by atoms with Crippen LogP contribution in [0.2, 0.25) is 0 Å². The fourth-order valence-electron chi connectivity index (χ4n) is 1.43. The minimum absolute atomic E-state index is 0.0661. The van der Waals surface area contributed by atoms with Crippen molar-refractivity contribution in [1.29, 1.82) is 0 Å². The summed E-state index contributed by atoms with van der Waals surface area (Å²) in [7, 11) is 0. The van der Waals surface area contributed by atoms with E-state index in [4.69, 9.17) is 5.11 Å². The van der Waals surface area contributed by atoms with E-state index < -0.39 is 5.97 Å². The summed E-state index contributed by atoms with van der Waals surface area (Å²) in [6.45, 7) is 1.78. The fourth-order valence-corrected chi connectivity index (χ4v) is 1.43. The molecule has 0 aliphatic carbocycles. The standard InChI is InChI=1S/C11H10N2O2/c1-8-12-10(11(14)15)7-13(8)9-5-3-2-4-6-9/h2-7H,1H3,(H,14,15). The van der Waals surface area contributed by atoms with Crippen molar-refractivity contribution in [2.45, 2.75) is 6.92 Å². The van der Waals surface area contributed by atoms with Crippen molar-refractivity contribution >= 4 is 5.97 Å². The van der Waals surface area contributed by atoms with Crippen LogP contribution in [0.15, 0.2) is 36.5 Å². The minimum atomic E-state index is -1.01. The number of carbonyl (C=O) groups is 1. The van der Waals surface area contributed by atoms with Crippen LogP contribution in [-0.4, -0.2) is 20.6 Å². The van der Waals surface area contributed by atoms with Gasteiger partial charge in [-0.3, -0.25) is 0 Å². The third-order valence-electron chi connectivity index (χ3n) is 2.14. The van der Waals surface area contributed by atoms with Crippen LogP contribution < -0.4 is 0 Å². The van der Waals surface area contributed by atoms with Gasteiger partial charge in [0.1, 0.15) is 5.82 Å². The summed E-state index contributed by atoms with van der Waals surface area (Å²) in [4.78, 5) is 14.7. The Labute approximate surface area is 86.8 Å². The smallest absolute Gasteiger partial charge is 0.356 e. The van der Waals surface area contributed by atoms with Crippen LogP contribution in [0.1, 0.15) is 16.3 Å². The van der Waals surface area contributed by atoms with Gasteiger partial charge in [-0.1, -0.05) is 18.2 Å². The Morgan fingerprint density at radius 1 is 1.33 bits per heavy atom. The van der Waals surface area contributed by atoms with Crippen molar-refractivity contribution in [1.82, 2.24) is 9.55 Å². The molecule has 2 rings (SSSR count). The monoisotopic (exact) mass is 202 g/mol. The molecule has 1 N–H and O–H groups in total. The van der Waals surface area contributed by atoms with E-state index >= 15 is 0 Å². The maximum absolute atomic E-state index is 10.7. The fraction of sp³-hybridized carbons (Fsp3) is 0.0909. The largest absolute Gasteiger partial charge is 0.476 e. The Balaban J connectivity index is 2.50. The molecule has 0 bridgehead atoms. The topological polar surface area (TPSA) is 55.1 Å². The molecule has 15 heavy (non-hydrogen) atoms. The zero-order valence-corrected chi connectivity index (χ0v) is 8.21. The van der Waals surface area contributed by atoms with Gasteiger partial charge in [0.25, 0.3) is 0 Å². The second-order valence-corrected chi connectivity index (χ2v) is 3.18. The third kappa shape index (κ3) is 1.74. The van der Waals surface area contributed by atoms with Crippen molar-refractivity contribution in [3.8, 4) is 5.69 Å². The van der Waals surface area contributed by atoms with Gasteiger partial charge in [0.05, 0.1) is 0 Å². The highest BCUT2D eigenvalue weighted by Gasteiger charge is 2.10. The van der Waals surface area contributed by atoms with E-state index in [2.05, 4.69) is 4.98 Å². The summed E-state index contributed by atoms with van der Waals surface area (Å²) in [5.74, 6) is -0.341. The van der Waals surface area contributed by atoms with Crippen LogP contribution in [0, 0.1) is 6.92 Å². The van der Waals surface area contributed by atoms with Crippen molar-refractivity contribution < 1.29 is 9.90 Å². The van der Waals surface area contributed by atoms with Gasteiger partial charge >= 0.3 is 5.97 Å². The lowest BCUT2D eigenvalue weighted by Crippen LogP contribution is -1.95. The zero-order valence-electron chi connectivity index (χ0n) is 8.21. The zero-order chi connectivity index (χ0) is 10.8. The number of aromatic nitrogens is 2. The number of benzene rings is 1. The SMILES string of the molecule is Cc1nc(C(=O)O)cn1-c1ccccc1. The molecule has 1 heterocycles. The highest BCUT2D eigenvalue weighted by molar-refractivity contribution is 5.85. The van der Waals surface area contributed by atoms with Crippen LogP contribution in [0.4, 0.5) is 0 Å². The van der Waals surface area contributed by atoms with Gasteiger partial charge < -0.3 is 9.67 Å². The summed E-state index contributed by atoms with van der Waals surface area (Å²) in [5, 5.41) is 8.79. The average Bonchev–Trinajstić information content (AvgIpc) is 2.62. The predicted molar refractivity (Wildman–Crippen MR) is 55.3 cm³/mol. The Kier molecular flexibility index (Phi) is 2.25. The van der Waals surface area contributed by atoms with Crippen molar-refractivity contribution in [2.75, 3.05) is 0 Å². The van der Waals surface area contributed by atoms with E-state index in [-0.39, 0.29) is 5.69 Å². The Morgan fingerprint density at radius 3 is 2.53 bits per heavy atom. The highest BCUT2D eigenvalue weighted by atomic mass is 16.4. The van der Waals surface area contributed by atoms with E-state index in [1.807, 2.05) is 30.3 Å². The molecule has 0 radical (unpaired) electrons. The first kappa shape index (κ1) is 9.45. The second kappa shape index (κ2) is 3.57. The van der Waals surface area contributed by atoms with Crippen LogP contribution in [0.5, 0.6) is 0 Å². The first-order valence-electron chi connectivity index (χ1n) is 4.53. The van der Waals surface area contributed by atoms with Crippen LogP contribution in [-0.2, 0) is 0 Å². The van der Waals surface area contributed by atoms with Gasteiger partial charge in [0, 0.05) is 11.9 Å². The van der Waals surface area contributed by atoms with Crippen LogP contribution >= 0.6 is 0 Å². The third-order valence-corrected chi connectivity index (χ3v) is 2.14. The molecule has 0 saturated heterocycles. The molecule has 76 valence electrons. The van der Waals surface area contributed by atoms with Gasteiger partial charge in [-0.25, -0.2) is 9.78 Å². The molecule has 0 atom stereocenters. The van der Waals surface area contributed by atoms with E-state index in [1.165, 1.54) is 6.20 Å². The summed E-state index contributed by atoms with van der Waals surface area (Å²) >= 11 is 0. The van der Waals surface area contributed by atoms with Gasteiger partial charge in [-0.15, -0.1) is 0 Å². The number of aromatic carboxylic acids is 1. The second-order valence-electron chi connectivity index (χ2n) is 3.18. The molecule has 0 unspecified atom stereocenters. The Bertz CT molecular complexity index is 489. The first-order valence-corrected chi connectivity index (χ1v) is 4.53. The molecule has 0 aliphatic rings. The van der Waals surface area contributed by atoms with Gasteiger partial charge in [0.15, 0.2) is 5.69 Å². The number of aryl methyl sites for hydroxylation is 1. The number of carboxylic acid groups (broad SMARTS) is 1. The molecule has 4 heteroatoms. The molecule has 4 nitrogen and oxygen atoms in total. The molecular weight excluding hydrogens is 192 g/mol. The number of para-hydroxylation sites is 1. The van der Waals surface area contributed by atoms with Crippen molar-refractivity contribution in [3.05, 3.63) is 48.0 Å². The van der Waals surface area contributed by atoms with E-state index in [0.29, 0.717) is 5.82 Å². The quantitative estimate of drug-likeness (QED) is 0.808. The van der Waals surface area contributed by atoms with Gasteiger partial charge in [0.2, 0.25) is 0 Å². The summed E-state index contributed by atoms with van der Waals surface area (Å²) in [5.41, 5.74) is 0.978. The number of carboxylic acids is 1. The number of nitrogens with zero attached hydrogens (tertiary/aromatic N) is 2. The minimum Gasteiger partial charge on any atom is -0.476 e. The Hall–Kier alpha value is -2.10. The molecule has 0 amide bonds. The lowest BCUT2D eigenvalue weighted by atomic mass is 10.3. The first-order chi connectivity index (χ1) is 7.18. The summed E-state index contributed by atoms with van der Waals surface area (Å²) < 4.78 is 1.75. The Morgan fingerprint density at radius 2 is 2.00 bits per heavy atom.